The highest BCUT2D eigenvalue weighted by Crippen LogP contribution is 2.38. The van der Waals surface area contributed by atoms with Gasteiger partial charge in [-0.3, -0.25) is 4.79 Å². The number of nitrogens with one attached hydrogen (secondary N) is 2. The zero-order valence-corrected chi connectivity index (χ0v) is 10.9. The van der Waals surface area contributed by atoms with E-state index in [1.54, 1.807) is 0 Å². The minimum atomic E-state index is -0.190. The van der Waals surface area contributed by atoms with Crippen molar-refractivity contribution < 1.29 is 9.90 Å². The molecule has 1 amide bonds. The first-order valence-electron chi connectivity index (χ1n) is 7.09. The van der Waals surface area contributed by atoms with Gasteiger partial charge < -0.3 is 20.6 Å². The summed E-state index contributed by atoms with van der Waals surface area (Å²) in [6, 6.07) is 0.353. The molecule has 0 aromatic heterocycles. The maximum atomic E-state index is 12.4. The van der Waals surface area contributed by atoms with Crippen LogP contribution >= 0.6 is 0 Å². The predicted molar refractivity (Wildman–Crippen MR) is 68.1 cm³/mol. The van der Waals surface area contributed by atoms with Gasteiger partial charge in [-0.1, -0.05) is 0 Å². The van der Waals surface area contributed by atoms with Crippen LogP contribution in [0.4, 0.5) is 0 Å². The molecule has 0 radical (unpaired) electrons. The Hall–Kier alpha value is -0.650. The number of hydrogen-bond donors (Lipinski definition) is 3. The Morgan fingerprint density at radius 2 is 2.06 bits per heavy atom. The number of fused-ring (bicyclic) bond motifs is 1. The highest BCUT2D eigenvalue weighted by molar-refractivity contribution is 5.82. The fraction of sp³-hybridized carbons (Fsp3) is 0.923. The van der Waals surface area contributed by atoms with Crippen LogP contribution in [-0.2, 0) is 4.79 Å². The lowest BCUT2D eigenvalue weighted by atomic mass is 10.00. The first kappa shape index (κ1) is 12.4. The first-order valence-corrected chi connectivity index (χ1v) is 7.09. The molecule has 5 atom stereocenters. The molecule has 5 nitrogen and oxygen atoms in total. The lowest BCUT2D eigenvalue weighted by molar-refractivity contribution is -0.133. The number of nitrogens with zero attached hydrogens (tertiary/aromatic N) is 1. The van der Waals surface area contributed by atoms with Crippen LogP contribution in [0.3, 0.4) is 0 Å². The average Bonchev–Trinajstić information content (AvgIpc) is 2.92. The molecule has 2 aliphatic heterocycles. The second-order valence-electron chi connectivity index (χ2n) is 6.08. The van der Waals surface area contributed by atoms with E-state index in [1.165, 1.54) is 0 Å². The Bertz CT molecular complexity index is 328. The predicted octanol–water partition coefficient (Wildman–Crippen LogP) is -0.834. The van der Waals surface area contributed by atoms with E-state index < -0.39 is 0 Å². The molecule has 2 saturated heterocycles. The molecule has 0 aromatic rings. The molecular weight excluding hydrogens is 230 g/mol. The van der Waals surface area contributed by atoms with Gasteiger partial charge in [0.1, 0.15) is 0 Å². The topological polar surface area (TPSA) is 64.6 Å². The zero-order valence-electron chi connectivity index (χ0n) is 10.9. The van der Waals surface area contributed by atoms with Crippen molar-refractivity contribution in [1.29, 1.82) is 0 Å². The Morgan fingerprint density at radius 3 is 2.72 bits per heavy atom. The number of piperazine rings is 1. The van der Waals surface area contributed by atoms with Crippen LogP contribution < -0.4 is 10.6 Å². The molecule has 18 heavy (non-hydrogen) atoms. The minimum absolute atomic E-state index is 0.0860. The Labute approximate surface area is 108 Å². The second-order valence-corrected chi connectivity index (χ2v) is 6.08. The molecule has 5 heteroatoms. The van der Waals surface area contributed by atoms with Crippen molar-refractivity contribution in [2.75, 3.05) is 26.2 Å². The third kappa shape index (κ3) is 2.15. The highest BCUT2D eigenvalue weighted by atomic mass is 16.3. The maximum absolute atomic E-state index is 12.4. The molecule has 0 aromatic carbocycles. The number of aliphatic hydroxyl groups excluding tert-OH is 1. The van der Waals surface area contributed by atoms with Gasteiger partial charge in [0, 0.05) is 38.1 Å². The van der Waals surface area contributed by atoms with Crippen molar-refractivity contribution in [2.45, 2.75) is 38.0 Å². The molecule has 3 aliphatic rings. The van der Waals surface area contributed by atoms with Gasteiger partial charge in [-0.05, 0) is 25.7 Å². The molecule has 5 unspecified atom stereocenters. The van der Waals surface area contributed by atoms with E-state index in [2.05, 4.69) is 17.6 Å². The normalized spacial score (nSPS) is 44.1. The Morgan fingerprint density at radius 1 is 1.22 bits per heavy atom. The smallest absolute Gasteiger partial charge is 0.241 e. The van der Waals surface area contributed by atoms with Crippen molar-refractivity contribution >= 4 is 5.91 Å². The van der Waals surface area contributed by atoms with Gasteiger partial charge in [0.2, 0.25) is 5.91 Å². The summed E-state index contributed by atoms with van der Waals surface area (Å²) >= 11 is 0. The van der Waals surface area contributed by atoms with E-state index in [9.17, 15) is 9.90 Å². The van der Waals surface area contributed by atoms with Gasteiger partial charge in [0.25, 0.3) is 0 Å². The van der Waals surface area contributed by atoms with Gasteiger partial charge in [0.15, 0.2) is 0 Å². The zero-order chi connectivity index (χ0) is 12.7. The molecule has 102 valence electrons. The van der Waals surface area contributed by atoms with Crippen molar-refractivity contribution in [3.63, 3.8) is 0 Å². The average molecular weight is 253 g/mol. The van der Waals surface area contributed by atoms with Gasteiger partial charge in [0.05, 0.1) is 12.1 Å². The molecule has 1 saturated carbocycles. The summed E-state index contributed by atoms with van der Waals surface area (Å²) in [6.45, 7) is 5.27. The number of likely N-dealkylation sites (tertiary alicyclic amines) is 1. The first-order chi connectivity index (χ1) is 8.65. The fourth-order valence-electron chi connectivity index (χ4n) is 3.59. The SMILES string of the molecule is CC1CNC(C(=O)N2CC3CCC(O)C3C2)CN1. The molecule has 0 bridgehead atoms. The molecule has 0 spiro atoms. The van der Waals surface area contributed by atoms with Gasteiger partial charge >= 0.3 is 0 Å². The Balaban J connectivity index is 1.58. The molecular formula is C13H23N3O2. The summed E-state index contributed by atoms with van der Waals surface area (Å²) in [5.41, 5.74) is 0. The van der Waals surface area contributed by atoms with Gasteiger partial charge in [-0.2, -0.15) is 0 Å². The van der Waals surface area contributed by atoms with E-state index in [1.807, 2.05) is 4.90 Å². The van der Waals surface area contributed by atoms with Crippen molar-refractivity contribution in [2.24, 2.45) is 11.8 Å². The number of amides is 1. The lowest BCUT2D eigenvalue weighted by Gasteiger charge is -2.31. The monoisotopic (exact) mass is 253 g/mol. The maximum Gasteiger partial charge on any atom is 0.241 e. The molecule has 1 aliphatic carbocycles. The van der Waals surface area contributed by atoms with E-state index in [-0.39, 0.29) is 18.1 Å². The summed E-state index contributed by atoms with van der Waals surface area (Å²) in [7, 11) is 0. The van der Waals surface area contributed by atoms with Crippen LogP contribution in [-0.4, -0.2) is 60.3 Å². The summed E-state index contributed by atoms with van der Waals surface area (Å²) < 4.78 is 0. The third-order valence-electron chi connectivity index (χ3n) is 4.77. The number of rotatable bonds is 1. The minimum Gasteiger partial charge on any atom is -0.393 e. The summed E-state index contributed by atoms with van der Waals surface area (Å²) in [5.74, 6) is 1.06. The fourth-order valence-corrected chi connectivity index (χ4v) is 3.59. The van der Waals surface area contributed by atoms with Crippen molar-refractivity contribution in [3.8, 4) is 0 Å². The summed E-state index contributed by atoms with van der Waals surface area (Å²) in [4.78, 5) is 14.3. The Kier molecular flexibility index (Phi) is 3.30. The quantitative estimate of drug-likeness (QED) is 0.570. The van der Waals surface area contributed by atoms with Crippen LogP contribution in [0.25, 0.3) is 0 Å². The third-order valence-corrected chi connectivity index (χ3v) is 4.77. The van der Waals surface area contributed by atoms with E-state index >= 15 is 0 Å². The summed E-state index contributed by atoms with van der Waals surface area (Å²) in [6.07, 6.45) is 1.80. The number of hydrogen-bond acceptors (Lipinski definition) is 4. The van der Waals surface area contributed by atoms with Crippen LogP contribution in [0, 0.1) is 11.8 Å². The van der Waals surface area contributed by atoms with E-state index in [0.29, 0.717) is 24.4 Å². The molecule has 3 rings (SSSR count). The molecule has 2 heterocycles. The van der Waals surface area contributed by atoms with E-state index in [4.69, 9.17) is 0 Å². The van der Waals surface area contributed by atoms with E-state index in [0.717, 1.165) is 32.5 Å². The highest BCUT2D eigenvalue weighted by Gasteiger charge is 2.44. The number of carbonyl (C=O) groups excluding carboxylic acids is 1. The standard InChI is InChI=1S/C13H23N3O2/c1-8-4-15-11(5-14-8)13(18)16-6-9-2-3-12(17)10(9)7-16/h8-12,14-15,17H,2-7H2,1H3. The molecule has 3 fully saturated rings. The second kappa shape index (κ2) is 4.79. The molecule has 3 N–H and O–H groups in total. The van der Waals surface area contributed by atoms with Crippen LogP contribution in [0.1, 0.15) is 19.8 Å². The number of aliphatic hydroxyl groups is 1. The van der Waals surface area contributed by atoms with Gasteiger partial charge in [-0.25, -0.2) is 0 Å². The van der Waals surface area contributed by atoms with Crippen molar-refractivity contribution in [3.05, 3.63) is 0 Å². The lowest BCUT2D eigenvalue weighted by Crippen LogP contribution is -2.59. The number of carbonyl (C=O) groups is 1. The van der Waals surface area contributed by atoms with Crippen LogP contribution in [0.2, 0.25) is 0 Å². The summed E-state index contributed by atoms with van der Waals surface area (Å²) in [5, 5.41) is 16.5. The largest absolute Gasteiger partial charge is 0.393 e. The van der Waals surface area contributed by atoms with Crippen LogP contribution in [0.15, 0.2) is 0 Å². The van der Waals surface area contributed by atoms with Crippen LogP contribution in [0.5, 0.6) is 0 Å². The van der Waals surface area contributed by atoms with Gasteiger partial charge in [-0.15, -0.1) is 0 Å². The van der Waals surface area contributed by atoms with Crippen molar-refractivity contribution in [1.82, 2.24) is 15.5 Å².